The highest BCUT2D eigenvalue weighted by Gasteiger charge is 2.32. The normalized spacial score (nSPS) is 12.4. The second kappa shape index (κ2) is 8.66. The number of carbonyl (C=O) groups excluding carboxylic acids is 1. The number of aryl methyl sites for hydroxylation is 1. The lowest BCUT2D eigenvalue weighted by atomic mass is 10.1. The summed E-state index contributed by atoms with van der Waals surface area (Å²) in [5.74, 6) is -1.92. The SMILES string of the molecule is Cc1oc(=O)oc1COC(=O)C(Oc1cccc(C(F)(F)F)c1)c1ccc(Cl)cc1. The van der Waals surface area contributed by atoms with E-state index in [1.165, 1.54) is 37.3 Å². The molecule has 0 N–H and O–H groups in total. The molecular formula is C20H14ClF3O6. The third-order valence-corrected chi connectivity index (χ3v) is 4.24. The van der Waals surface area contributed by atoms with E-state index in [1.54, 1.807) is 0 Å². The highest BCUT2D eigenvalue weighted by molar-refractivity contribution is 6.30. The van der Waals surface area contributed by atoms with Gasteiger partial charge >= 0.3 is 18.0 Å². The van der Waals surface area contributed by atoms with Crippen LogP contribution in [0, 0.1) is 6.92 Å². The van der Waals surface area contributed by atoms with Gasteiger partial charge in [-0.3, -0.25) is 0 Å². The van der Waals surface area contributed by atoms with Gasteiger partial charge in [0.1, 0.15) is 5.75 Å². The summed E-state index contributed by atoms with van der Waals surface area (Å²) in [5.41, 5.74) is -0.633. The highest BCUT2D eigenvalue weighted by Crippen LogP contribution is 2.33. The van der Waals surface area contributed by atoms with Crippen molar-refractivity contribution < 1.29 is 36.3 Å². The Hall–Kier alpha value is -3.20. The molecule has 2 aromatic carbocycles. The summed E-state index contributed by atoms with van der Waals surface area (Å²) < 4.78 is 59.0. The van der Waals surface area contributed by atoms with Crippen LogP contribution in [0.25, 0.3) is 0 Å². The molecule has 0 aliphatic heterocycles. The molecule has 158 valence electrons. The van der Waals surface area contributed by atoms with E-state index in [-0.39, 0.29) is 17.3 Å². The van der Waals surface area contributed by atoms with Crippen molar-refractivity contribution in [3.05, 3.63) is 86.8 Å². The lowest BCUT2D eigenvalue weighted by Crippen LogP contribution is -2.21. The molecule has 6 nitrogen and oxygen atoms in total. The van der Waals surface area contributed by atoms with Crippen molar-refractivity contribution in [3.63, 3.8) is 0 Å². The van der Waals surface area contributed by atoms with E-state index < -0.39 is 36.2 Å². The maximum absolute atomic E-state index is 13.0. The third kappa shape index (κ3) is 5.24. The Morgan fingerprint density at radius 2 is 1.83 bits per heavy atom. The molecule has 10 heteroatoms. The van der Waals surface area contributed by atoms with Gasteiger partial charge in [0.2, 0.25) is 6.10 Å². The van der Waals surface area contributed by atoms with E-state index >= 15 is 0 Å². The molecule has 3 rings (SSSR count). The first-order valence-corrected chi connectivity index (χ1v) is 8.86. The standard InChI is InChI=1S/C20H14ClF3O6/c1-11-16(30-19(26)28-11)10-27-18(25)17(12-5-7-14(21)8-6-12)29-15-4-2-3-13(9-15)20(22,23)24/h2-9,17H,10H2,1H3. The van der Waals surface area contributed by atoms with Gasteiger partial charge in [0.15, 0.2) is 18.1 Å². The molecule has 0 amide bonds. The minimum atomic E-state index is -4.58. The Balaban J connectivity index is 1.85. The van der Waals surface area contributed by atoms with Gasteiger partial charge in [-0.1, -0.05) is 29.8 Å². The maximum atomic E-state index is 13.0. The second-order valence-electron chi connectivity index (χ2n) is 6.12. The molecule has 3 aromatic rings. The number of benzene rings is 2. The molecular weight excluding hydrogens is 429 g/mol. The van der Waals surface area contributed by atoms with Crippen LogP contribution in [0.15, 0.2) is 62.2 Å². The topological polar surface area (TPSA) is 78.9 Å². The Kier molecular flexibility index (Phi) is 6.21. The van der Waals surface area contributed by atoms with Crippen molar-refractivity contribution in [1.82, 2.24) is 0 Å². The molecule has 0 aliphatic carbocycles. The average Bonchev–Trinajstić information content (AvgIpc) is 3.02. The van der Waals surface area contributed by atoms with Gasteiger partial charge in [0.25, 0.3) is 0 Å². The molecule has 0 bridgehead atoms. The Bertz CT molecular complexity index is 1080. The zero-order valence-electron chi connectivity index (χ0n) is 15.4. The molecule has 1 aromatic heterocycles. The van der Waals surface area contributed by atoms with Crippen molar-refractivity contribution in [2.75, 3.05) is 0 Å². The quantitative estimate of drug-likeness (QED) is 0.495. The number of alkyl halides is 3. The van der Waals surface area contributed by atoms with Crippen LogP contribution in [-0.4, -0.2) is 5.97 Å². The van der Waals surface area contributed by atoms with E-state index in [9.17, 15) is 22.8 Å². The predicted molar refractivity (Wildman–Crippen MR) is 98.0 cm³/mol. The monoisotopic (exact) mass is 442 g/mol. The summed E-state index contributed by atoms with van der Waals surface area (Å²) in [5, 5.41) is 0.390. The van der Waals surface area contributed by atoms with Crippen LogP contribution in [-0.2, 0) is 22.3 Å². The van der Waals surface area contributed by atoms with Crippen LogP contribution in [0.2, 0.25) is 5.02 Å². The second-order valence-corrected chi connectivity index (χ2v) is 6.55. The maximum Gasteiger partial charge on any atom is 0.519 e. The number of halogens is 4. The van der Waals surface area contributed by atoms with Crippen molar-refractivity contribution in [1.29, 1.82) is 0 Å². The summed E-state index contributed by atoms with van der Waals surface area (Å²) in [7, 11) is 0. The van der Waals surface area contributed by atoms with Crippen LogP contribution in [0.3, 0.4) is 0 Å². The molecule has 0 fully saturated rings. The molecule has 0 saturated heterocycles. The fraction of sp³-hybridized carbons (Fsp3) is 0.200. The molecule has 1 unspecified atom stereocenters. The van der Waals surface area contributed by atoms with E-state index in [4.69, 9.17) is 25.5 Å². The van der Waals surface area contributed by atoms with Crippen LogP contribution >= 0.6 is 11.6 Å². The zero-order chi connectivity index (χ0) is 21.9. The lowest BCUT2D eigenvalue weighted by Gasteiger charge is -2.19. The highest BCUT2D eigenvalue weighted by atomic mass is 35.5. The molecule has 0 radical (unpaired) electrons. The molecule has 0 aliphatic rings. The first kappa shape index (κ1) is 21.5. The largest absolute Gasteiger partial charge is 0.519 e. The predicted octanol–water partition coefficient (Wildman–Crippen LogP) is 5.08. The fourth-order valence-electron chi connectivity index (χ4n) is 2.49. The van der Waals surface area contributed by atoms with Gasteiger partial charge in [0.05, 0.1) is 5.56 Å². The van der Waals surface area contributed by atoms with Crippen LogP contribution in [0.1, 0.15) is 28.8 Å². The summed E-state index contributed by atoms with van der Waals surface area (Å²) >= 11 is 5.85. The number of hydrogen-bond acceptors (Lipinski definition) is 6. The zero-order valence-corrected chi connectivity index (χ0v) is 16.1. The number of ether oxygens (including phenoxy) is 2. The smallest absolute Gasteiger partial charge is 0.474 e. The molecule has 1 heterocycles. The molecule has 0 saturated carbocycles. The fourth-order valence-corrected chi connectivity index (χ4v) is 2.62. The lowest BCUT2D eigenvalue weighted by molar-refractivity contribution is -0.154. The molecule has 0 spiro atoms. The minimum absolute atomic E-state index is 0.00211. The van der Waals surface area contributed by atoms with E-state index in [2.05, 4.69) is 4.42 Å². The van der Waals surface area contributed by atoms with E-state index in [0.29, 0.717) is 10.6 Å². The summed E-state index contributed by atoms with van der Waals surface area (Å²) in [6.07, 6.45) is -5.98. The first-order chi connectivity index (χ1) is 14.1. The van der Waals surface area contributed by atoms with Crippen molar-refractivity contribution in [2.45, 2.75) is 25.8 Å². The van der Waals surface area contributed by atoms with Gasteiger partial charge in [-0.2, -0.15) is 13.2 Å². The van der Waals surface area contributed by atoms with Gasteiger partial charge in [-0.25, -0.2) is 9.59 Å². The Labute approximate surface area is 172 Å². The number of rotatable bonds is 6. The summed E-state index contributed by atoms with van der Waals surface area (Å²) in [4.78, 5) is 23.7. The first-order valence-electron chi connectivity index (χ1n) is 8.49. The number of hydrogen-bond donors (Lipinski definition) is 0. The number of esters is 1. The van der Waals surface area contributed by atoms with Gasteiger partial charge in [-0.05, 0) is 37.3 Å². The van der Waals surface area contributed by atoms with Crippen LogP contribution in [0.5, 0.6) is 5.75 Å². The average molecular weight is 443 g/mol. The van der Waals surface area contributed by atoms with Crippen molar-refractivity contribution >= 4 is 17.6 Å². The Morgan fingerprint density at radius 1 is 1.13 bits per heavy atom. The van der Waals surface area contributed by atoms with Crippen molar-refractivity contribution in [2.24, 2.45) is 0 Å². The third-order valence-electron chi connectivity index (χ3n) is 3.98. The minimum Gasteiger partial charge on any atom is -0.474 e. The summed E-state index contributed by atoms with van der Waals surface area (Å²) in [6.45, 7) is 1.02. The van der Waals surface area contributed by atoms with E-state index in [1.807, 2.05) is 0 Å². The number of carbonyl (C=O) groups is 1. The van der Waals surface area contributed by atoms with Crippen LogP contribution in [0.4, 0.5) is 13.2 Å². The molecule has 1 atom stereocenters. The van der Waals surface area contributed by atoms with Gasteiger partial charge in [-0.15, -0.1) is 0 Å². The Morgan fingerprint density at radius 3 is 2.43 bits per heavy atom. The van der Waals surface area contributed by atoms with Gasteiger partial charge < -0.3 is 18.3 Å². The van der Waals surface area contributed by atoms with Crippen molar-refractivity contribution in [3.8, 4) is 5.75 Å². The molecule has 30 heavy (non-hydrogen) atoms. The summed E-state index contributed by atoms with van der Waals surface area (Å²) in [6, 6.07) is 10.0. The van der Waals surface area contributed by atoms with Crippen LogP contribution < -0.4 is 10.6 Å². The van der Waals surface area contributed by atoms with Gasteiger partial charge in [0, 0.05) is 10.6 Å². The van der Waals surface area contributed by atoms with E-state index in [0.717, 1.165) is 18.2 Å².